The Morgan fingerprint density at radius 3 is 2.50 bits per heavy atom. The van der Waals surface area contributed by atoms with Gasteiger partial charge in [0, 0.05) is 37.6 Å². The maximum Gasteiger partial charge on any atom is 0.321 e. The van der Waals surface area contributed by atoms with Crippen molar-refractivity contribution in [2.24, 2.45) is 5.92 Å². The lowest BCUT2D eigenvalue weighted by atomic mass is 9.97. The van der Waals surface area contributed by atoms with Crippen molar-refractivity contribution in [1.29, 1.82) is 0 Å². The number of likely N-dealkylation sites (tertiary alicyclic amines) is 1. The number of carboxylic acids is 1. The van der Waals surface area contributed by atoms with E-state index in [2.05, 4.69) is 34.5 Å². The molecule has 0 atom stereocenters. The van der Waals surface area contributed by atoms with Crippen LogP contribution in [0, 0.1) is 5.92 Å². The Morgan fingerprint density at radius 2 is 1.71 bits per heavy atom. The molecule has 0 saturated carbocycles. The van der Waals surface area contributed by atoms with E-state index in [1.807, 2.05) is 24.3 Å². The van der Waals surface area contributed by atoms with E-state index in [1.54, 1.807) is 4.90 Å². The molecule has 2 aromatic carbocycles. The lowest BCUT2D eigenvalue weighted by Gasteiger charge is -2.30. The summed E-state index contributed by atoms with van der Waals surface area (Å²) in [5.41, 5.74) is 4.52. The van der Waals surface area contributed by atoms with Gasteiger partial charge in [-0.2, -0.15) is 0 Å². The fourth-order valence-electron chi connectivity index (χ4n) is 4.08. The van der Waals surface area contributed by atoms with Gasteiger partial charge in [0.25, 0.3) is 0 Å². The Bertz CT molecular complexity index is 875. The first-order valence-corrected chi connectivity index (χ1v) is 9.81. The van der Waals surface area contributed by atoms with Crippen molar-refractivity contribution in [3.05, 3.63) is 59.7 Å². The van der Waals surface area contributed by atoms with Crippen LogP contribution in [0.2, 0.25) is 0 Å². The summed E-state index contributed by atoms with van der Waals surface area (Å²) < 4.78 is 0. The number of para-hydroxylation sites is 2. The zero-order valence-electron chi connectivity index (χ0n) is 15.8. The number of benzene rings is 2. The standard InChI is InChI=1S/C22H25N3O3/c26-21(27)17-10-12-24(13-11-17)22(28)23-19-7-3-1-6-18(19)15-25-14-9-16-5-2-4-8-20(16)25/h1-8,17H,9-15H2,(H,23,28)(H,26,27). The highest BCUT2D eigenvalue weighted by atomic mass is 16.4. The van der Waals surface area contributed by atoms with Gasteiger partial charge in [0.15, 0.2) is 0 Å². The third-order valence-electron chi connectivity index (χ3n) is 5.73. The summed E-state index contributed by atoms with van der Waals surface area (Å²) in [5, 5.41) is 12.2. The van der Waals surface area contributed by atoms with E-state index in [-0.39, 0.29) is 11.9 Å². The van der Waals surface area contributed by atoms with Crippen LogP contribution in [0.15, 0.2) is 48.5 Å². The van der Waals surface area contributed by atoms with Crippen LogP contribution in [0.25, 0.3) is 0 Å². The number of carbonyl (C=O) groups is 2. The molecule has 1 fully saturated rings. The summed E-state index contributed by atoms with van der Waals surface area (Å²) in [5.74, 6) is -1.11. The summed E-state index contributed by atoms with van der Waals surface area (Å²) in [6.07, 6.45) is 2.06. The molecule has 2 aromatic rings. The number of amides is 2. The van der Waals surface area contributed by atoms with Crippen molar-refractivity contribution >= 4 is 23.4 Å². The van der Waals surface area contributed by atoms with Gasteiger partial charge in [0.2, 0.25) is 0 Å². The molecule has 2 aliphatic heterocycles. The molecular formula is C22H25N3O3. The normalized spacial score (nSPS) is 16.7. The van der Waals surface area contributed by atoms with Crippen LogP contribution in [0.1, 0.15) is 24.0 Å². The maximum atomic E-state index is 12.7. The molecule has 146 valence electrons. The molecule has 0 bridgehead atoms. The van der Waals surface area contributed by atoms with Gasteiger partial charge in [-0.15, -0.1) is 0 Å². The first kappa shape index (κ1) is 18.3. The molecule has 1 saturated heterocycles. The number of nitrogens with one attached hydrogen (secondary N) is 1. The molecule has 2 aliphatic rings. The number of fused-ring (bicyclic) bond motifs is 1. The number of hydrogen-bond donors (Lipinski definition) is 2. The predicted molar refractivity (Wildman–Crippen MR) is 109 cm³/mol. The van der Waals surface area contributed by atoms with Crippen molar-refractivity contribution in [3.8, 4) is 0 Å². The van der Waals surface area contributed by atoms with Gasteiger partial charge in [0.05, 0.1) is 5.92 Å². The smallest absolute Gasteiger partial charge is 0.321 e. The van der Waals surface area contributed by atoms with Crippen LogP contribution in [-0.2, 0) is 17.8 Å². The van der Waals surface area contributed by atoms with Crippen molar-refractivity contribution in [2.75, 3.05) is 29.9 Å². The first-order valence-electron chi connectivity index (χ1n) is 9.81. The second-order valence-corrected chi connectivity index (χ2v) is 7.49. The van der Waals surface area contributed by atoms with Gasteiger partial charge < -0.3 is 20.2 Å². The number of anilines is 2. The lowest BCUT2D eigenvalue weighted by Crippen LogP contribution is -2.42. The van der Waals surface area contributed by atoms with Crippen LogP contribution in [0.3, 0.4) is 0 Å². The summed E-state index contributed by atoms with van der Waals surface area (Å²) >= 11 is 0. The van der Waals surface area contributed by atoms with E-state index in [4.69, 9.17) is 5.11 Å². The van der Waals surface area contributed by atoms with Crippen LogP contribution in [0.4, 0.5) is 16.2 Å². The molecule has 2 heterocycles. The van der Waals surface area contributed by atoms with Crippen molar-refractivity contribution in [1.82, 2.24) is 4.90 Å². The third kappa shape index (κ3) is 3.81. The van der Waals surface area contributed by atoms with E-state index >= 15 is 0 Å². The van der Waals surface area contributed by atoms with Crippen LogP contribution in [-0.4, -0.2) is 41.6 Å². The van der Waals surface area contributed by atoms with Gasteiger partial charge in [-0.3, -0.25) is 4.79 Å². The van der Waals surface area contributed by atoms with Gasteiger partial charge in [-0.25, -0.2) is 4.79 Å². The highest BCUT2D eigenvalue weighted by Crippen LogP contribution is 2.30. The monoisotopic (exact) mass is 379 g/mol. The zero-order valence-corrected chi connectivity index (χ0v) is 15.8. The molecule has 6 nitrogen and oxygen atoms in total. The minimum atomic E-state index is -0.767. The predicted octanol–water partition coefficient (Wildman–Crippen LogP) is 3.58. The van der Waals surface area contributed by atoms with Crippen LogP contribution >= 0.6 is 0 Å². The van der Waals surface area contributed by atoms with Crippen molar-refractivity contribution in [2.45, 2.75) is 25.8 Å². The molecule has 6 heteroatoms. The highest BCUT2D eigenvalue weighted by Gasteiger charge is 2.27. The van der Waals surface area contributed by atoms with Crippen LogP contribution < -0.4 is 10.2 Å². The Labute approximate surface area is 164 Å². The number of carbonyl (C=O) groups excluding carboxylic acids is 1. The summed E-state index contributed by atoms with van der Waals surface area (Å²) in [6.45, 7) is 2.67. The topological polar surface area (TPSA) is 72.9 Å². The van der Waals surface area contributed by atoms with E-state index in [9.17, 15) is 9.59 Å². The van der Waals surface area contributed by atoms with Crippen molar-refractivity contribution < 1.29 is 14.7 Å². The van der Waals surface area contributed by atoms with Gasteiger partial charge in [-0.1, -0.05) is 36.4 Å². The molecular weight excluding hydrogens is 354 g/mol. The fraction of sp³-hybridized carbons (Fsp3) is 0.364. The van der Waals surface area contributed by atoms with E-state index < -0.39 is 5.97 Å². The molecule has 4 rings (SSSR count). The quantitative estimate of drug-likeness (QED) is 0.852. The second kappa shape index (κ2) is 7.92. The number of piperidine rings is 1. The third-order valence-corrected chi connectivity index (χ3v) is 5.73. The summed E-state index contributed by atoms with van der Waals surface area (Å²) in [7, 11) is 0. The Kier molecular flexibility index (Phi) is 5.19. The van der Waals surface area contributed by atoms with Crippen LogP contribution in [0.5, 0.6) is 0 Å². The molecule has 0 spiro atoms. The molecule has 2 N–H and O–H groups in total. The minimum absolute atomic E-state index is 0.155. The number of aliphatic carboxylic acids is 1. The molecule has 0 unspecified atom stereocenters. The zero-order chi connectivity index (χ0) is 19.5. The fourth-order valence-corrected chi connectivity index (χ4v) is 4.08. The average Bonchev–Trinajstić information content (AvgIpc) is 3.12. The molecule has 2 amide bonds. The average molecular weight is 379 g/mol. The lowest BCUT2D eigenvalue weighted by molar-refractivity contribution is -0.143. The summed E-state index contributed by atoms with van der Waals surface area (Å²) in [4.78, 5) is 27.8. The van der Waals surface area contributed by atoms with E-state index in [0.29, 0.717) is 25.9 Å². The number of urea groups is 1. The van der Waals surface area contributed by atoms with Crippen molar-refractivity contribution in [3.63, 3.8) is 0 Å². The van der Waals surface area contributed by atoms with Gasteiger partial charge >= 0.3 is 12.0 Å². The minimum Gasteiger partial charge on any atom is -0.481 e. The first-order chi connectivity index (χ1) is 13.6. The van der Waals surface area contributed by atoms with Gasteiger partial charge in [0.1, 0.15) is 0 Å². The second-order valence-electron chi connectivity index (χ2n) is 7.49. The molecule has 0 aliphatic carbocycles. The number of nitrogens with zero attached hydrogens (tertiary/aromatic N) is 2. The maximum absolute atomic E-state index is 12.7. The largest absolute Gasteiger partial charge is 0.481 e. The highest BCUT2D eigenvalue weighted by molar-refractivity contribution is 5.90. The molecule has 0 radical (unpaired) electrons. The number of carboxylic acid groups (broad SMARTS) is 1. The number of hydrogen-bond acceptors (Lipinski definition) is 3. The SMILES string of the molecule is O=C(O)C1CCN(C(=O)Nc2ccccc2CN2CCc3ccccc32)CC1. The Morgan fingerprint density at radius 1 is 1.00 bits per heavy atom. The van der Waals surface area contributed by atoms with E-state index in [0.717, 1.165) is 30.8 Å². The molecule has 28 heavy (non-hydrogen) atoms. The Hall–Kier alpha value is -3.02. The van der Waals surface area contributed by atoms with Gasteiger partial charge in [-0.05, 0) is 42.5 Å². The van der Waals surface area contributed by atoms with E-state index in [1.165, 1.54) is 11.3 Å². The summed E-state index contributed by atoms with van der Waals surface area (Å²) in [6, 6.07) is 16.2. The molecule has 0 aromatic heterocycles. The number of rotatable bonds is 4. The Balaban J connectivity index is 1.42.